The second kappa shape index (κ2) is 5.90. The van der Waals surface area contributed by atoms with Crippen molar-refractivity contribution >= 4 is 5.71 Å². The third kappa shape index (κ3) is 2.35. The molecule has 0 bridgehead atoms. The number of fused-ring (bicyclic) bond motifs is 5. The number of phenols is 1. The molecule has 5 heteroatoms. The number of hydrogen-bond donors (Lipinski definition) is 3. The van der Waals surface area contributed by atoms with Gasteiger partial charge in [0.05, 0.1) is 18.4 Å². The van der Waals surface area contributed by atoms with E-state index >= 15 is 0 Å². The maximum absolute atomic E-state index is 10.5. The van der Waals surface area contributed by atoms with Crippen molar-refractivity contribution in [3.8, 4) is 11.5 Å². The topological polar surface area (TPSA) is 82.3 Å². The van der Waals surface area contributed by atoms with Crippen LogP contribution in [0.3, 0.4) is 0 Å². The van der Waals surface area contributed by atoms with Crippen molar-refractivity contribution in [1.29, 1.82) is 0 Å². The summed E-state index contributed by atoms with van der Waals surface area (Å²) < 4.78 is 5.58. The molecule has 0 amide bonds. The van der Waals surface area contributed by atoms with Gasteiger partial charge in [-0.25, -0.2) is 0 Å². The number of nitrogens with zero attached hydrogens (tertiary/aromatic N) is 1. The monoisotopic (exact) mass is 345 g/mol. The Hall–Kier alpha value is -1.75. The molecular formula is C20H27NO4. The summed E-state index contributed by atoms with van der Waals surface area (Å²) in [5.74, 6) is 1.77. The molecule has 0 spiro atoms. The summed E-state index contributed by atoms with van der Waals surface area (Å²) in [6.45, 7) is 4.61. The summed E-state index contributed by atoms with van der Waals surface area (Å²) in [5.41, 5.74) is 2.57. The molecule has 3 aliphatic carbocycles. The van der Waals surface area contributed by atoms with Crippen LogP contribution in [0, 0.1) is 17.3 Å². The van der Waals surface area contributed by atoms with Gasteiger partial charge in [-0.15, -0.1) is 0 Å². The molecule has 1 aromatic rings. The number of phenolic OH excluding ortho intramolecular Hbond substituents is 1. The van der Waals surface area contributed by atoms with Gasteiger partial charge in [0.2, 0.25) is 0 Å². The van der Waals surface area contributed by atoms with Crippen molar-refractivity contribution in [1.82, 2.24) is 0 Å². The van der Waals surface area contributed by atoms with Crippen LogP contribution in [0.5, 0.6) is 11.5 Å². The first-order valence-corrected chi connectivity index (χ1v) is 9.38. The van der Waals surface area contributed by atoms with Gasteiger partial charge in [0.15, 0.2) is 11.5 Å². The summed E-state index contributed by atoms with van der Waals surface area (Å²) in [5, 5.41) is 33.9. The Kier molecular flexibility index (Phi) is 3.95. The lowest BCUT2D eigenvalue weighted by Crippen LogP contribution is -2.45. The third-order valence-electron chi connectivity index (χ3n) is 7.08. The van der Waals surface area contributed by atoms with Crippen LogP contribution in [0.15, 0.2) is 17.3 Å². The van der Waals surface area contributed by atoms with Gasteiger partial charge < -0.3 is 20.2 Å². The molecule has 0 heterocycles. The zero-order valence-corrected chi connectivity index (χ0v) is 14.9. The smallest absolute Gasteiger partial charge is 0.161 e. The van der Waals surface area contributed by atoms with Crippen molar-refractivity contribution in [3.63, 3.8) is 0 Å². The molecule has 4 rings (SSSR count). The molecule has 0 saturated heterocycles. The van der Waals surface area contributed by atoms with Gasteiger partial charge in [-0.1, -0.05) is 12.1 Å². The highest BCUT2D eigenvalue weighted by Crippen LogP contribution is 2.61. The van der Waals surface area contributed by atoms with Crippen molar-refractivity contribution in [2.75, 3.05) is 6.61 Å². The molecular weight excluding hydrogens is 318 g/mol. The van der Waals surface area contributed by atoms with Gasteiger partial charge >= 0.3 is 0 Å². The Morgan fingerprint density at radius 1 is 1.28 bits per heavy atom. The van der Waals surface area contributed by atoms with E-state index in [1.807, 2.05) is 13.0 Å². The quantitative estimate of drug-likeness (QED) is 0.564. The first kappa shape index (κ1) is 16.7. The molecule has 0 aromatic heterocycles. The first-order chi connectivity index (χ1) is 12.0. The molecule has 2 fully saturated rings. The van der Waals surface area contributed by atoms with E-state index < -0.39 is 0 Å². The number of ether oxygens (including phenoxy) is 1. The lowest BCUT2D eigenvalue weighted by atomic mass is 9.55. The Morgan fingerprint density at radius 3 is 2.80 bits per heavy atom. The number of benzene rings is 1. The minimum absolute atomic E-state index is 0.0289. The fourth-order valence-corrected chi connectivity index (χ4v) is 5.77. The Balaban J connectivity index is 1.79. The minimum atomic E-state index is -0.229. The fraction of sp³-hybridized carbons (Fsp3) is 0.650. The second-order valence-corrected chi connectivity index (χ2v) is 8.11. The van der Waals surface area contributed by atoms with Crippen molar-refractivity contribution in [3.05, 3.63) is 23.3 Å². The molecule has 0 aliphatic heterocycles. The average Bonchev–Trinajstić information content (AvgIpc) is 2.90. The van der Waals surface area contributed by atoms with Crippen LogP contribution in [0.1, 0.15) is 63.0 Å². The zero-order valence-electron chi connectivity index (χ0n) is 14.9. The molecule has 136 valence electrons. The van der Waals surface area contributed by atoms with Crippen LogP contribution >= 0.6 is 0 Å². The number of aliphatic hydroxyl groups excluding tert-OH is 1. The minimum Gasteiger partial charge on any atom is -0.504 e. The van der Waals surface area contributed by atoms with E-state index in [9.17, 15) is 15.4 Å². The van der Waals surface area contributed by atoms with Crippen molar-refractivity contribution in [2.24, 2.45) is 22.4 Å². The molecule has 3 aliphatic rings. The number of oxime groups is 1. The molecule has 1 aromatic carbocycles. The van der Waals surface area contributed by atoms with Crippen LogP contribution in [0.25, 0.3) is 0 Å². The standard InChI is InChI=1S/C20H27NO4/c1-3-25-18-10-12-11-6-7-20(2)15(4-5-19(20)23)13(11)8-16(21-24)14(12)9-17(18)22/h9-11,13,15,19,22-24H,3-8H2,1-2H3/t11-,13-,15+,19+,20+/m1/s1. The van der Waals surface area contributed by atoms with E-state index in [4.69, 9.17) is 4.74 Å². The summed E-state index contributed by atoms with van der Waals surface area (Å²) in [7, 11) is 0. The van der Waals surface area contributed by atoms with E-state index in [0.29, 0.717) is 42.2 Å². The van der Waals surface area contributed by atoms with Gasteiger partial charge in [0.25, 0.3) is 0 Å². The Bertz CT molecular complexity index is 716. The highest BCUT2D eigenvalue weighted by Gasteiger charge is 2.55. The van der Waals surface area contributed by atoms with Gasteiger partial charge in [-0.05, 0) is 79.9 Å². The first-order valence-electron chi connectivity index (χ1n) is 9.38. The van der Waals surface area contributed by atoms with Crippen LogP contribution in [-0.2, 0) is 0 Å². The van der Waals surface area contributed by atoms with Crippen LogP contribution in [-0.4, -0.2) is 33.8 Å². The molecule has 25 heavy (non-hydrogen) atoms. The molecule has 2 saturated carbocycles. The number of hydrogen-bond acceptors (Lipinski definition) is 5. The molecule has 5 nitrogen and oxygen atoms in total. The van der Waals surface area contributed by atoms with E-state index in [2.05, 4.69) is 12.1 Å². The highest BCUT2D eigenvalue weighted by atomic mass is 16.5. The normalized spacial score (nSPS) is 38.1. The fourth-order valence-electron chi connectivity index (χ4n) is 5.77. The van der Waals surface area contributed by atoms with Crippen molar-refractivity contribution in [2.45, 2.75) is 58.0 Å². The number of aromatic hydroxyl groups is 1. The van der Waals surface area contributed by atoms with Crippen molar-refractivity contribution < 1.29 is 20.2 Å². The Morgan fingerprint density at radius 2 is 2.08 bits per heavy atom. The summed E-state index contributed by atoms with van der Waals surface area (Å²) in [4.78, 5) is 0. The predicted octanol–water partition coefficient (Wildman–Crippen LogP) is 3.64. The average molecular weight is 345 g/mol. The number of rotatable bonds is 2. The predicted molar refractivity (Wildman–Crippen MR) is 94.5 cm³/mol. The van der Waals surface area contributed by atoms with Gasteiger partial charge in [-0.3, -0.25) is 0 Å². The lowest BCUT2D eigenvalue weighted by Gasteiger charge is -2.50. The maximum Gasteiger partial charge on any atom is 0.161 e. The van der Waals surface area contributed by atoms with E-state index in [1.165, 1.54) is 0 Å². The molecule has 5 atom stereocenters. The van der Waals surface area contributed by atoms with E-state index in [0.717, 1.165) is 36.8 Å². The van der Waals surface area contributed by atoms with Crippen LogP contribution in [0.2, 0.25) is 0 Å². The van der Waals surface area contributed by atoms with Gasteiger partial charge in [0.1, 0.15) is 0 Å². The summed E-state index contributed by atoms with van der Waals surface area (Å²) in [6.07, 6.45) is 4.39. The lowest BCUT2D eigenvalue weighted by molar-refractivity contribution is -0.0178. The van der Waals surface area contributed by atoms with Gasteiger partial charge in [-0.2, -0.15) is 0 Å². The van der Waals surface area contributed by atoms with Crippen LogP contribution < -0.4 is 4.74 Å². The molecule has 3 N–H and O–H groups in total. The Labute approximate surface area is 148 Å². The third-order valence-corrected chi connectivity index (χ3v) is 7.08. The highest BCUT2D eigenvalue weighted by molar-refractivity contribution is 6.03. The van der Waals surface area contributed by atoms with Gasteiger partial charge in [0, 0.05) is 5.56 Å². The number of aliphatic hydroxyl groups is 1. The molecule has 0 unspecified atom stereocenters. The summed E-state index contributed by atoms with van der Waals surface area (Å²) >= 11 is 0. The van der Waals surface area contributed by atoms with Crippen LogP contribution in [0.4, 0.5) is 0 Å². The molecule has 0 radical (unpaired) electrons. The second-order valence-electron chi connectivity index (χ2n) is 8.11. The SMILES string of the molecule is CCOc1cc2c(cc1O)C(=NO)C[C@@H]1[C@@H]2CC[C@]2(C)[C@@H](O)CC[C@@H]12. The van der Waals surface area contributed by atoms with E-state index in [1.54, 1.807) is 6.07 Å². The maximum atomic E-state index is 10.5. The van der Waals surface area contributed by atoms with E-state index in [-0.39, 0.29) is 17.3 Å². The zero-order chi connectivity index (χ0) is 17.8. The summed E-state index contributed by atoms with van der Waals surface area (Å²) in [6, 6.07) is 3.62. The largest absolute Gasteiger partial charge is 0.504 e.